The number of nitrogens with zero attached hydrogens (tertiary/aromatic N) is 1. The van der Waals surface area contributed by atoms with Crippen molar-refractivity contribution < 1.29 is 9.68 Å². The molecule has 0 fully saturated rings. The Labute approximate surface area is 72.7 Å². The molecule has 0 bridgehead atoms. The number of pyridine rings is 1. The first kappa shape index (κ1) is 9.07. The second-order valence-electron chi connectivity index (χ2n) is 2.79. The molecular formula is C8H11BNO2. The Hall–Kier alpha value is -1.03. The summed E-state index contributed by atoms with van der Waals surface area (Å²) in [6.07, 6.45) is 3.29. The van der Waals surface area contributed by atoms with Crippen LogP contribution in [0.2, 0.25) is 0 Å². The second-order valence-corrected chi connectivity index (χ2v) is 2.79. The molecule has 1 rings (SSSR count). The van der Waals surface area contributed by atoms with Crippen LogP contribution in [0, 0.1) is 0 Å². The van der Waals surface area contributed by atoms with Gasteiger partial charge in [-0.2, -0.15) is 0 Å². The topological polar surface area (TPSA) is 42.4 Å². The van der Waals surface area contributed by atoms with Crippen molar-refractivity contribution in [3.63, 3.8) is 0 Å². The minimum absolute atomic E-state index is 0.364. The molecule has 0 unspecified atom stereocenters. The van der Waals surface area contributed by atoms with Gasteiger partial charge in [0.05, 0.1) is 6.20 Å². The maximum Gasteiger partial charge on any atom is 0.569 e. The van der Waals surface area contributed by atoms with Crippen molar-refractivity contribution in [3.05, 3.63) is 24.0 Å². The minimum Gasteiger partial charge on any atom is -0.536 e. The van der Waals surface area contributed by atoms with Gasteiger partial charge in [-0.1, -0.05) is 13.8 Å². The third kappa shape index (κ3) is 1.98. The lowest BCUT2D eigenvalue weighted by atomic mass is 10.0. The zero-order valence-corrected chi connectivity index (χ0v) is 7.19. The van der Waals surface area contributed by atoms with Crippen LogP contribution in [-0.2, 0) is 0 Å². The van der Waals surface area contributed by atoms with Gasteiger partial charge < -0.3 is 9.68 Å². The van der Waals surface area contributed by atoms with Crippen LogP contribution in [0.1, 0.15) is 25.3 Å². The Kier molecular flexibility index (Phi) is 3.11. The van der Waals surface area contributed by atoms with Crippen LogP contribution in [0.4, 0.5) is 0 Å². The lowest BCUT2D eigenvalue weighted by Gasteiger charge is -2.10. The molecule has 63 valence electrons. The van der Waals surface area contributed by atoms with Gasteiger partial charge in [-0.15, -0.1) is 0 Å². The SMILES string of the molecule is CC(C)c1ccncc1O[B]O. The molecule has 1 heterocycles. The highest BCUT2D eigenvalue weighted by Gasteiger charge is 2.06. The molecule has 3 nitrogen and oxygen atoms in total. The van der Waals surface area contributed by atoms with Gasteiger partial charge in [0.1, 0.15) is 5.75 Å². The van der Waals surface area contributed by atoms with Crippen LogP contribution in [0.3, 0.4) is 0 Å². The van der Waals surface area contributed by atoms with Crippen LogP contribution in [0.25, 0.3) is 0 Å². The van der Waals surface area contributed by atoms with E-state index in [-0.39, 0.29) is 0 Å². The summed E-state index contributed by atoms with van der Waals surface area (Å²) in [5.41, 5.74) is 1.04. The van der Waals surface area contributed by atoms with E-state index in [1.54, 1.807) is 12.4 Å². The Morgan fingerprint density at radius 3 is 2.92 bits per heavy atom. The quantitative estimate of drug-likeness (QED) is 0.680. The molecule has 0 aliphatic carbocycles. The zero-order valence-electron chi connectivity index (χ0n) is 7.19. The van der Waals surface area contributed by atoms with E-state index < -0.39 is 0 Å². The molecule has 0 saturated carbocycles. The fraction of sp³-hybridized carbons (Fsp3) is 0.375. The van der Waals surface area contributed by atoms with Gasteiger partial charge in [0.2, 0.25) is 0 Å². The molecule has 0 saturated heterocycles. The van der Waals surface area contributed by atoms with Gasteiger partial charge in [-0.05, 0) is 17.5 Å². The molecule has 0 aromatic carbocycles. The Balaban J connectivity index is 2.92. The van der Waals surface area contributed by atoms with E-state index in [4.69, 9.17) is 9.68 Å². The largest absolute Gasteiger partial charge is 0.569 e. The van der Waals surface area contributed by atoms with E-state index in [1.165, 1.54) is 0 Å². The molecule has 1 aromatic rings. The molecular weight excluding hydrogens is 153 g/mol. The average Bonchev–Trinajstić information content (AvgIpc) is 2.05. The molecule has 0 spiro atoms. The summed E-state index contributed by atoms with van der Waals surface area (Å²) in [4.78, 5) is 3.89. The molecule has 0 aliphatic rings. The zero-order chi connectivity index (χ0) is 8.97. The van der Waals surface area contributed by atoms with Gasteiger partial charge in [0, 0.05) is 6.20 Å². The number of hydrogen-bond donors (Lipinski definition) is 1. The van der Waals surface area contributed by atoms with Crippen molar-refractivity contribution in [2.24, 2.45) is 0 Å². The standard InChI is InChI=1S/C8H11BNO2/c1-6(2)7-3-4-10-5-8(7)12-9-11/h3-6,11H,1-2H3. The fourth-order valence-corrected chi connectivity index (χ4v) is 1.02. The summed E-state index contributed by atoms with van der Waals surface area (Å²) in [5, 5.41) is 8.45. The van der Waals surface area contributed by atoms with Crippen LogP contribution in [-0.4, -0.2) is 17.7 Å². The molecule has 0 aliphatic heterocycles. The molecule has 0 atom stereocenters. The summed E-state index contributed by atoms with van der Waals surface area (Å²) in [5.74, 6) is 0.970. The lowest BCUT2D eigenvalue weighted by Crippen LogP contribution is -2.03. The van der Waals surface area contributed by atoms with Crippen LogP contribution in [0.15, 0.2) is 18.5 Å². The monoisotopic (exact) mass is 164 g/mol. The maximum absolute atomic E-state index is 8.45. The van der Waals surface area contributed by atoms with Crippen molar-refractivity contribution >= 4 is 7.69 Å². The van der Waals surface area contributed by atoms with Crippen molar-refractivity contribution in [2.45, 2.75) is 19.8 Å². The highest BCUT2D eigenvalue weighted by Crippen LogP contribution is 2.24. The van der Waals surface area contributed by atoms with Crippen LogP contribution in [0.5, 0.6) is 5.75 Å². The third-order valence-electron chi connectivity index (χ3n) is 1.62. The smallest absolute Gasteiger partial charge is 0.536 e. The number of hydrogen-bond acceptors (Lipinski definition) is 3. The van der Waals surface area contributed by atoms with Crippen molar-refractivity contribution in [1.29, 1.82) is 0 Å². The minimum atomic E-state index is 0.364. The first-order valence-electron chi connectivity index (χ1n) is 3.82. The Morgan fingerprint density at radius 1 is 1.58 bits per heavy atom. The van der Waals surface area contributed by atoms with Crippen molar-refractivity contribution in [1.82, 2.24) is 4.98 Å². The highest BCUT2D eigenvalue weighted by atomic mass is 16.5. The first-order valence-corrected chi connectivity index (χ1v) is 3.82. The first-order chi connectivity index (χ1) is 5.75. The average molecular weight is 164 g/mol. The Morgan fingerprint density at radius 2 is 2.33 bits per heavy atom. The molecule has 1 radical (unpaired) electrons. The number of aromatic nitrogens is 1. The van der Waals surface area contributed by atoms with Gasteiger partial charge >= 0.3 is 7.69 Å². The summed E-state index contributed by atoms with van der Waals surface area (Å²) in [6.45, 7) is 4.11. The predicted octanol–water partition coefficient (Wildman–Crippen LogP) is 1.11. The molecule has 4 heteroatoms. The van der Waals surface area contributed by atoms with Crippen LogP contribution >= 0.6 is 0 Å². The van der Waals surface area contributed by atoms with E-state index in [1.807, 2.05) is 6.07 Å². The predicted molar refractivity (Wildman–Crippen MR) is 46.9 cm³/mol. The van der Waals surface area contributed by atoms with Gasteiger partial charge in [0.15, 0.2) is 0 Å². The highest BCUT2D eigenvalue weighted by molar-refractivity contribution is 6.17. The third-order valence-corrected chi connectivity index (χ3v) is 1.62. The van der Waals surface area contributed by atoms with Gasteiger partial charge in [-0.25, -0.2) is 0 Å². The Bertz CT molecular complexity index is 253. The van der Waals surface area contributed by atoms with Crippen molar-refractivity contribution in [3.8, 4) is 5.75 Å². The maximum atomic E-state index is 8.45. The van der Waals surface area contributed by atoms with Gasteiger partial charge in [-0.3, -0.25) is 4.98 Å². The second kappa shape index (κ2) is 4.11. The van der Waals surface area contributed by atoms with E-state index in [9.17, 15) is 0 Å². The van der Waals surface area contributed by atoms with Crippen molar-refractivity contribution in [2.75, 3.05) is 0 Å². The van der Waals surface area contributed by atoms with E-state index in [0.717, 1.165) is 5.56 Å². The molecule has 1 N–H and O–H groups in total. The molecule has 12 heavy (non-hydrogen) atoms. The summed E-state index contributed by atoms with van der Waals surface area (Å²) >= 11 is 0. The fourth-order valence-electron chi connectivity index (χ4n) is 1.02. The molecule has 1 aromatic heterocycles. The van der Waals surface area contributed by atoms with E-state index >= 15 is 0 Å². The molecule has 0 amide bonds. The van der Waals surface area contributed by atoms with Gasteiger partial charge in [0.25, 0.3) is 0 Å². The van der Waals surface area contributed by atoms with Crippen LogP contribution < -0.4 is 4.65 Å². The summed E-state index contributed by atoms with van der Waals surface area (Å²) in [6, 6.07) is 1.88. The lowest BCUT2D eigenvalue weighted by molar-refractivity contribution is 0.447. The van der Waals surface area contributed by atoms with E-state index in [2.05, 4.69) is 18.8 Å². The summed E-state index contributed by atoms with van der Waals surface area (Å²) < 4.78 is 4.87. The van der Waals surface area contributed by atoms with E-state index in [0.29, 0.717) is 19.4 Å². The number of rotatable bonds is 3. The normalized spacial score (nSPS) is 10.0. The summed E-state index contributed by atoms with van der Waals surface area (Å²) in [7, 11) is 0.670.